The number of carbonyl (C=O) groups is 2. The van der Waals surface area contributed by atoms with Crippen LogP contribution in [0.3, 0.4) is 0 Å². The van der Waals surface area contributed by atoms with Crippen molar-refractivity contribution in [3.05, 3.63) is 22.2 Å². The summed E-state index contributed by atoms with van der Waals surface area (Å²) in [6.07, 6.45) is 0. The molecule has 1 aromatic carbocycles. The summed E-state index contributed by atoms with van der Waals surface area (Å²) in [6, 6.07) is 1.35. The summed E-state index contributed by atoms with van der Waals surface area (Å²) in [5, 5.41) is 8.90. The van der Waals surface area contributed by atoms with Crippen molar-refractivity contribution < 1.29 is 24.2 Å². The van der Waals surface area contributed by atoms with Gasteiger partial charge in [0.2, 0.25) is 0 Å². The quantitative estimate of drug-likeness (QED) is 0.644. The maximum atomic E-state index is 11.4. The minimum atomic E-state index is -1.53. The summed E-state index contributed by atoms with van der Waals surface area (Å²) in [4.78, 5) is 22.1. The number of hydrogen-bond acceptors (Lipinski definition) is 4. The molecule has 1 aliphatic rings. The first-order valence-electron chi connectivity index (χ1n) is 4.88. The predicted molar refractivity (Wildman–Crippen MR) is 59.1 cm³/mol. The van der Waals surface area contributed by atoms with Gasteiger partial charge in [0.25, 0.3) is 5.78 Å². The Bertz CT molecular complexity index is 509. The lowest BCUT2D eigenvalue weighted by Crippen LogP contribution is -2.19. The number of aliphatic carboxylic acids is 1. The molecule has 0 saturated carbocycles. The molecule has 0 atom stereocenters. The zero-order valence-corrected chi connectivity index (χ0v) is 9.71. The summed E-state index contributed by atoms with van der Waals surface area (Å²) >= 11 is 6.01. The van der Waals surface area contributed by atoms with E-state index in [1.54, 1.807) is 6.92 Å². The molecule has 0 amide bonds. The zero-order valence-electron chi connectivity index (χ0n) is 8.95. The number of carboxylic acids is 1. The van der Waals surface area contributed by atoms with Gasteiger partial charge in [-0.05, 0) is 18.6 Å². The van der Waals surface area contributed by atoms with E-state index < -0.39 is 11.8 Å². The van der Waals surface area contributed by atoms with E-state index in [0.29, 0.717) is 30.3 Å². The fourth-order valence-corrected chi connectivity index (χ4v) is 1.84. The van der Waals surface area contributed by atoms with Gasteiger partial charge < -0.3 is 14.6 Å². The molecule has 0 spiro atoms. The summed E-state index contributed by atoms with van der Waals surface area (Å²) in [5.41, 5.74) is 0.398. The van der Waals surface area contributed by atoms with Gasteiger partial charge in [0, 0.05) is 5.56 Å². The number of rotatable bonds is 2. The standard InChI is InChI=1S/C11H9ClO5/c1-5-6(9(13)11(14)15)4-7-10(8(5)12)17-3-2-16-7/h4H,2-3H2,1H3,(H,14,15). The van der Waals surface area contributed by atoms with E-state index in [0.717, 1.165) is 0 Å². The van der Waals surface area contributed by atoms with E-state index >= 15 is 0 Å². The van der Waals surface area contributed by atoms with Gasteiger partial charge in [0.05, 0.1) is 5.02 Å². The number of fused-ring (bicyclic) bond motifs is 1. The molecule has 0 bridgehead atoms. The van der Waals surface area contributed by atoms with E-state index in [9.17, 15) is 9.59 Å². The third-order valence-corrected chi connectivity index (χ3v) is 2.91. The number of ether oxygens (including phenoxy) is 2. The van der Waals surface area contributed by atoms with Crippen LogP contribution in [0.1, 0.15) is 15.9 Å². The zero-order chi connectivity index (χ0) is 12.6. The highest BCUT2D eigenvalue weighted by molar-refractivity contribution is 6.41. The van der Waals surface area contributed by atoms with Crippen LogP contribution in [0.2, 0.25) is 5.02 Å². The molecule has 0 unspecified atom stereocenters. The fourth-order valence-electron chi connectivity index (χ4n) is 1.59. The number of Topliss-reactive ketones (excluding diaryl/α,β-unsaturated/α-hetero) is 1. The molecule has 1 aromatic rings. The van der Waals surface area contributed by atoms with Crippen LogP contribution in [0.15, 0.2) is 6.07 Å². The SMILES string of the molecule is Cc1c(C(=O)C(=O)O)cc2c(c1Cl)OCCO2. The fraction of sp³-hybridized carbons (Fsp3) is 0.273. The number of carboxylic acid groups (broad SMARTS) is 1. The lowest BCUT2D eigenvalue weighted by atomic mass is 10.0. The molecule has 0 aliphatic carbocycles. The molecule has 0 aromatic heterocycles. The average Bonchev–Trinajstić information content (AvgIpc) is 2.33. The number of ketones is 1. The summed E-state index contributed by atoms with van der Waals surface area (Å²) < 4.78 is 10.6. The van der Waals surface area contributed by atoms with Crippen LogP contribution in [0.5, 0.6) is 11.5 Å². The van der Waals surface area contributed by atoms with E-state index in [-0.39, 0.29) is 10.6 Å². The Kier molecular flexibility index (Phi) is 2.93. The molecular formula is C11H9ClO5. The van der Waals surface area contributed by atoms with Crippen LogP contribution in [0.25, 0.3) is 0 Å². The lowest BCUT2D eigenvalue weighted by molar-refractivity contribution is -0.131. The molecule has 5 nitrogen and oxygen atoms in total. The predicted octanol–water partition coefficient (Wildman–Crippen LogP) is 1.69. The molecule has 1 heterocycles. The van der Waals surface area contributed by atoms with Crippen LogP contribution in [0, 0.1) is 6.92 Å². The first kappa shape index (κ1) is 11.7. The second-order valence-corrected chi connectivity index (χ2v) is 3.90. The third kappa shape index (κ3) is 1.93. The topological polar surface area (TPSA) is 72.8 Å². The maximum absolute atomic E-state index is 11.4. The molecule has 2 rings (SSSR count). The van der Waals surface area contributed by atoms with Crippen LogP contribution < -0.4 is 9.47 Å². The Hall–Kier alpha value is -1.75. The van der Waals surface area contributed by atoms with Gasteiger partial charge in [-0.2, -0.15) is 0 Å². The van der Waals surface area contributed by atoms with Crippen LogP contribution in [0.4, 0.5) is 0 Å². The second-order valence-electron chi connectivity index (χ2n) is 3.52. The monoisotopic (exact) mass is 256 g/mol. The van der Waals surface area contributed by atoms with E-state index in [1.165, 1.54) is 6.07 Å². The Morgan fingerprint density at radius 2 is 2.00 bits per heavy atom. The Morgan fingerprint density at radius 1 is 1.35 bits per heavy atom. The normalized spacial score (nSPS) is 13.3. The summed E-state index contributed by atoms with van der Waals surface area (Å²) in [6.45, 7) is 2.28. The molecular weight excluding hydrogens is 248 g/mol. The van der Waals surface area contributed by atoms with Gasteiger partial charge in [-0.3, -0.25) is 4.79 Å². The number of carbonyl (C=O) groups excluding carboxylic acids is 1. The lowest BCUT2D eigenvalue weighted by Gasteiger charge is -2.21. The largest absolute Gasteiger partial charge is 0.486 e. The van der Waals surface area contributed by atoms with Gasteiger partial charge >= 0.3 is 5.97 Å². The molecule has 0 saturated heterocycles. The molecule has 6 heteroatoms. The van der Waals surface area contributed by atoms with E-state index in [1.807, 2.05) is 0 Å². The molecule has 0 fully saturated rings. The highest BCUT2D eigenvalue weighted by Gasteiger charge is 2.25. The van der Waals surface area contributed by atoms with Crippen molar-refractivity contribution in [1.29, 1.82) is 0 Å². The molecule has 90 valence electrons. The van der Waals surface area contributed by atoms with Crippen LogP contribution in [-0.4, -0.2) is 30.1 Å². The van der Waals surface area contributed by atoms with Gasteiger partial charge in [-0.15, -0.1) is 0 Å². The number of halogens is 1. The van der Waals surface area contributed by atoms with Crippen molar-refractivity contribution in [2.45, 2.75) is 6.92 Å². The van der Waals surface area contributed by atoms with Crippen molar-refractivity contribution in [1.82, 2.24) is 0 Å². The minimum absolute atomic E-state index is 0.0201. The van der Waals surface area contributed by atoms with Gasteiger partial charge in [-0.25, -0.2) is 4.79 Å². The van der Waals surface area contributed by atoms with E-state index in [4.69, 9.17) is 26.2 Å². The first-order valence-corrected chi connectivity index (χ1v) is 5.26. The summed E-state index contributed by atoms with van der Waals surface area (Å²) in [5.74, 6) is -1.88. The highest BCUT2D eigenvalue weighted by atomic mass is 35.5. The maximum Gasteiger partial charge on any atom is 0.377 e. The first-order chi connectivity index (χ1) is 8.02. The van der Waals surface area contributed by atoms with Gasteiger partial charge in [0.1, 0.15) is 13.2 Å². The van der Waals surface area contributed by atoms with Crippen LogP contribution in [-0.2, 0) is 4.79 Å². The van der Waals surface area contributed by atoms with E-state index in [2.05, 4.69) is 0 Å². The second kappa shape index (κ2) is 4.25. The van der Waals surface area contributed by atoms with Crippen molar-refractivity contribution in [2.24, 2.45) is 0 Å². The molecule has 1 N–H and O–H groups in total. The van der Waals surface area contributed by atoms with Crippen LogP contribution >= 0.6 is 11.6 Å². The average molecular weight is 257 g/mol. The van der Waals surface area contributed by atoms with Gasteiger partial charge in [0.15, 0.2) is 11.5 Å². The van der Waals surface area contributed by atoms with Crippen molar-refractivity contribution in [3.63, 3.8) is 0 Å². The molecule has 1 aliphatic heterocycles. The molecule has 17 heavy (non-hydrogen) atoms. The highest BCUT2D eigenvalue weighted by Crippen LogP contribution is 2.41. The Balaban J connectivity index is 2.59. The van der Waals surface area contributed by atoms with Crippen molar-refractivity contribution in [2.75, 3.05) is 13.2 Å². The summed E-state index contributed by atoms with van der Waals surface area (Å²) in [7, 11) is 0. The van der Waals surface area contributed by atoms with Crippen molar-refractivity contribution in [3.8, 4) is 11.5 Å². The number of hydrogen-bond donors (Lipinski definition) is 1. The Labute approximate surface area is 102 Å². The smallest absolute Gasteiger partial charge is 0.377 e. The Morgan fingerprint density at radius 3 is 2.65 bits per heavy atom. The van der Waals surface area contributed by atoms with Gasteiger partial charge in [-0.1, -0.05) is 11.6 Å². The molecule has 0 radical (unpaired) electrons. The van der Waals surface area contributed by atoms with Crippen molar-refractivity contribution >= 4 is 23.4 Å². The third-order valence-electron chi connectivity index (χ3n) is 2.46. The minimum Gasteiger partial charge on any atom is -0.486 e. The number of benzene rings is 1.